The third-order valence-corrected chi connectivity index (χ3v) is 7.10. The lowest BCUT2D eigenvalue weighted by molar-refractivity contribution is -0.140. The van der Waals surface area contributed by atoms with Crippen LogP contribution >= 0.6 is 11.6 Å². The minimum absolute atomic E-state index is 0.0706. The molecule has 0 aromatic heterocycles. The molecule has 0 heterocycles. The Morgan fingerprint density at radius 1 is 1.06 bits per heavy atom. The van der Waals surface area contributed by atoms with Crippen molar-refractivity contribution in [3.05, 3.63) is 64.9 Å². The summed E-state index contributed by atoms with van der Waals surface area (Å²) >= 11 is 5.95. The zero-order valence-corrected chi connectivity index (χ0v) is 20.5. The Morgan fingerprint density at radius 3 is 2.12 bits per heavy atom. The van der Waals surface area contributed by atoms with E-state index in [-0.39, 0.29) is 18.1 Å². The lowest BCUT2D eigenvalue weighted by Gasteiger charge is -2.33. The summed E-state index contributed by atoms with van der Waals surface area (Å²) < 4.78 is 41.3. The average molecular weight is 499 g/mol. The molecule has 0 aliphatic heterocycles. The zero-order valence-electron chi connectivity index (χ0n) is 19.0. The van der Waals surface area contributed by atoms with E-state index in [0.717, 1.165) is 26.3 Å². The monoisotopic (exact) mass is 498 g/mol. The van der Waals surface area contributed by atoms with Gasteiger partial charge in [-0.1, -0.05) is 30.7 Å². The topological polar surface area (TPSA) is 90.0 Å². The second-order valence-corrected chi connectivity index (χ2v) is 9.96. The summed E-state index contributed by atoms with van der Waals surface area (Å²) in [5, 5.41) is 3.07. The smallest absolute Gasteiger partial charge is 0.304 e. The molecule has 33 heavy (non-hydrogen) atoms. The van der Waals surface area contributed by atoms with Gasteiger partial charge >= 0.3 is 10.2 Å². The van der Waals surface area contributed by atoms with Crippen LogP contribution in [-0.2, 0) is 26.3 Å². The van der Waals surface area contributed by atoms with Crippen LogP contribution in [0, 0.1) is 5.82 Å². The highest BCUT2D eigenvalue weighted by Gasteiger charge is 2.33. The molecule has 180 valence electrons. The number of carbonyl (C=O) groups is 2. The number of hydrogen-bond acceptors (Lipinski definition) is 4. The number of nitrogens with one attached hydrogen (secondary N) is 1. The quantitative estimate of drug-likeness (QED) is 0.545. The Balaban J connectivity index is 2.47. The highest BCUT2D eigenvalue weighted by molar-refractivity contribution is 7.90. The predicted octanol–water partition coefficient (Wildman–Crippen LogP) is 2.65. The fraction of sp³-hybridized carbons (Fsp3) is 0.364. The van der Waals surface area contributed by atoms with Crippen LogP contribution in [0.3, 0.4) is 0 Å². The number of likely N-dealkylation sites (N-methyl/N-ethyl adjacent to an activating group) is 1. The summed E-state index contributed by atoms with van der Waals surface area (Å²) in [6.07, 6.45) is 0.315. The third-order valence-electron chi connectivity index (χ3n) is 5.03. The van der Waals surface area contributed by atoms with E-state index in [1.807, 2.05) is 0 Å². The first kappa shape index (κ1) is 26.6. The highest BCUT2D eigenvalue weighted by atomic mass is 35.5. The minimum atomic E-state index is -4.09. The van der Waals surface area contributed by atoms with E-state index in [9.17, 15) is 22.4 Å². The molecule has 0 fully saturated rings. The maximum Gasteiger partial charge on any atom is 0.304 e. The molecular weight excluding hydrogens is 471 g/mol. The summed E-state index contributed by atoms with van der Waals surface area (Å²) in [6, 6.07) is 10.8. The van der Waals surface area contributed by atoms with Crippen LogP contribution in [0.1, 0.15) is 18.9 Å². The number of carbonyl (C=O) groups excluding carboxylic acids is 2. The fourth-order valence-corrected chi connectivity index (χ4v) is 4.38. The molecule has 2 rings (SSSR count). The van der Waals surface area contributed by atoms with E-state index >= 15 is 0 Å². The molecular formula is C22H28ClFN4O4S. The molecule has 1 N–H and O–H groups in total. The SMILES string of the molecule is CC[C@@H](C(=O)NC)N(Cc1ccc(Cl)cc1)C(=O)CN(c1ccc(F)cc1)S(=O)(=O)N(C)C. The van der Waals surface area contributed by atoms with Crippen molar-refractivity contribution in [1.82, 2.24) is 14.5 Å². The van der Waals surface area contributed by atoms with E-state index < -0.39 is 34.5 Å². The number of nitrogens with zero attached hydrogens (tertiary/aromatic N) is 3. The van der Waals surface area contributed by atoms with E-state index in [1.54, 1.807) is 31.2 Å². The van der Waals surface area contributed by atoms with Gasteiger partial charge in [-0.2, -0.15) is 12.7 Å². The predicted molar refractivity (Wildman–Crippen MR) is 127 cm³/mol. The third kappa shape index (κ3) is 6.66. The number of anilines is 1. The molecule has 0 aliphatic rings. The van der Waals surface area contributed by atoms with Gasteiger partial charge in [0, 0.05) is 32.7 Å². The van der Waals surface area contributed by atoms with Gasteiger partial charge in [-0.15, -0.1) is 0 Å². The summed E-state index contributed by atoms with van der Waals surface area (Å²) in [5.74, 6) is -1.50. The number of hydrogen-bond donors (Lipinski definition) is 1. The van der Waals surface area contributed by atoms with Gasteiger partial charge in [0.1, 0.15) is 18.4 Å². The maximum atomic E-state index is 13.5. The van der Waals surface area contributed by atoms with Gasteiger partial charge in [-0.05, 0) is 48.4 Å². The van der Waals surface area contributed by atoms with Crippen LogP contribution in [0.5, 0.6) is 0 Å². The van der Waals surface area contributed by atoms with Gasteiger partial charge in [0.15, 0.2) is 0 Å². The molecule has 11 heteroatoms. The molecule has 0 unspecified atom stereocenters. The van der Waals surface area contributed by atoms with Gasteiger partial charge in [0.2, 0.25) is 11.8 Å². The number of benzene rings is 2. The van der Waals surface area contributed by atoms with Crippen LogP contribution in [-0.4, -0.2) is 63.2 Å². The van der Waals surface area contributed by atoms with Gasteiger partial charge in [0.25, 0.3) is 0 Å². The van der Waals surface area contributed by atoms with Gasteiger partial charge in [-0.25, -0.2) is 8.70 Å². The van der Waals surface area contributed by atoms with E-state index in [2.05, 4.69) is 5.32 Å². The molecule has 1 atom stereocenters. The molecule has 0 bridgehead atoms. The molecule has 2 aromatic rings. The highest BCUT2D eigenvalue weighted by Crippen LogP contribution is 2.22. The van der Waals surface area contributed by atoms with Gasteiger partial charge < -0.3 is 10.2 Å². The van der Waals surface area contributed by atoms with Gasteiger partial charge in [-0.3, -0.25) is 9.59 Å². The Bertz CT molecular complexity index is 1060. The summed E-state index contributed by atoms with van der Waals surface area (Å²) in [5.41, 5.74) is 0.844. The first-order chi connectivity index (χ1) is 15.5. The van der Waals surface area contributed by atoms with Crippen molar-refractivity contribution in [1.29, 1.82) is 0 Å². The van der Waals surface area contributed by atoms with Crippen LogP contribution in [0.15, 0.2) is 48.5 Å². The molecule has 0 saturated carbocycles. The number of halogens is 2. The van der Waals surface area contributed by atoms with Crippen LogP contribution in [0.2, 0.25) is 5.02 Å². The normalized spacial score (nSPS) is 12.3. The lowest BCUT2D eigenvalue weighted by Crippen LogP contribution is -2.52. The second kappa shape index (κ2) is 11.4. The molecule has 2 amide bonds. The van der Waals surface area contributed by atoms with Crippen molar-refractivity contribution >= 4 is 39.3 Å². The Hall–Kier alpha value is -2.69. The second-order valence-electron chi connectivity index (χ2n) is 7.46. The summed E-state index contributed by atoms with van der Waals surface area (Å²) in [4.78, 5) is 27.3. The van der Waals surface area contributed by atoms with Crippen molar-refractivity contribution in [2.24, 2.45) is 0 Å². The van der Waals surface area contributed by atoms with Crippen LogP contribution in [0.4, 0.5) is 10.1 Å². The lowest BCUT2D eigenvalue weighted by atomic mass is 10.1. The summed E-state index contributed by atoms with van der Waals surface area (Å²) in [7, 11) is 0.0471. The van der Waals surface area contributed by atoms with Gasteiger partial charge in [0.05, 0.1) is 5.69 Å². The van der Waals surface area contributed by atoms with E-state index in [0.29, 0.717) is 11.4 Å². The Kier molecular flexibility index (Phi) is 9.21. The summed E-state index contributed by atoms with van der Waals surface area (Å²) in [6.45, 7) is 1.25. The molecule has 0 aliphatic carbocycles. The molecule has 8 nitrogen and oxygen atoms in total. The Labute approximate surface area is 199 Å². The zero-order chi connectivity index (χ0) is 24.8. The van der Waals surface area contributed by atoms with Crippen molar-refractivity contribution in [2.75, 3.05) is 32.0 Å². The standard InChI is InChI=1S/C22H28ClFN4O4S/c1-5-20(22(30)25-2)27(14-16-6-8-17(23)9-7-16)21(29)15-28(33(31,32)26(3)4)19-12-10-18(24)11-13-19/h6-13,20H,5,14-15H2,1-4H3,(H,25,30)/t20-/m0/s1. The maximum absolute atomic E-state index is 13.5. The van der Waals surface area contributed by atoms with Crippen molar-refractivity contribution in [3.63, 3.8) is 0 Å². The van der Waals surface area contributed by atoms with E-state index in [1.165, 1.54) is 38.2 Å². The van der Waals surface area contributed by atoms with Crippen molar-refractivity contribution in [2.45, 2.75) is 25.9 Å². The van der Waals surface area contributed by atoms with Crippen molar-refractivity contribution < 1.29 is 22.4 Å². The molecule has 2 aromatic carbocycles. The number of amides is 2. The number of rotatable bonds is 10. The average Bonchev–Trinajstić information content (AvgIpc) is 2.78. The van der Waals surface area contributed by atoms with Crippen LogP contribution < -0.4 is 9.62 Å². The van der Waals surface area contributed by atoms with Crippen LogP contribution in [0.25, 0.3) is 0 Å². The first-order valence-electron chi connectivity index (χ1n) is 10.2. The largest absolute Gasteiger partial charge is 0.357 e. The molecule has 0 radical (unpaired) electrons. The minimum Gasteiger partial charge on any atom is -0.357 e. The molecule has 0 saturated heterocycles. The first-order valence-corrected chi connectivity index (χ1v) is 12.0. The van der Waals surface area contributed by atoms with E-state index in [4.69, 9.17) is 11.6 Å². The van der Waals surface area contributed by atoms with Crippen molar-refractivity contribution in [3.8, 4) is 0 Å². The Morgan fingerprint density at radius 2 is 1.64 bits per heavy atom. The fourth-order valence-electron chi connectivity index (χ4n) is 3.20. The molecule has 0 spiro atoms.